The maximum absolute atomic E-state index is 13.0. The third-order valence-electron chi connectivity index (χ3n) is 5.18. The summed E-state index contributed by atoms with van der Waals surface area (Å²) >= 11 is 0. The Labute approximate surface area is 170 Å². The Morgan fingerprint density at radius 1 is 0.500 bits per heavy atom. The first-order valence-electron chi connectivity index (χ1n) is 9.04. The highest BCUT2D eigenvalue weighted by molar-refractivity contribution is 6.39. The molecule has 0 radical (unpaired) electrons. The van der Waals surface area contributed by atoms with Crippen molar-refractivity contribution in [2.24, 2.45) is 0 Å². The van der Waals surface area contributed by atoms with Gasteiger partial charge in [0.15, 0.2) is 0 Å². The molecule has 3 aromatic rings. The second-order valence-corrected chi connectivity index (χ2v) is 6.99. The van der Waals surface area contributed by atoms with Gasteiger partial charge in [-0.1, -0.05) is 12.1 Å². The minimum Gasteiger partial charge on any atom is -0.399 e. The molecular formula is C22H14N4O4. The number of nitrogens with zero attached hydrogens (tertiary/aromatic N) is 2. The Morgan fingerprint density at radius 3 is 1.27 bits per heavy atom. The van der Waals surface area contributed by atoms with Crippen molar-refractivity contribution in [2.75, 3.05) is 21.3 Å². The van der Waals surface area contributed by atoms with Crippen molar-refractivity contribution in [2.45, 2.75) is 0 Å². The molecule has 2 aliphatic heterocycles. The standard InChI is InChI=1S/C22H14N4O4/c23-11-5-7-13-15(9-11)21(29)25(19(13)27)17-3-1-2-4-18(17)26-20(28)14-8-6-12(24)10-16(14)22(26)30/h1-10H,23-24H2. The van der Waals surface area contributed by atoms with E-state index in [4.69, 9.17) is 11.5 Å². The number of fused-ring (bicyclic) bond motifs is 2. The van der Waals surface area contributed by atoms with Crippen LogP contribution >= 0.6 is 0 Å². The number of carbonyl (C=O) groups is 4. The third kappa shape index (κ3) is 2.27. The van der Waals surface area contributed by atoms with E-state index in [0.717, 1.165) is 9.80 Å². The number of hydrogen-bond donors (Lipinski definition) is 2. The summed E-state index contributed by atoms with van der Waals surface area (Å²) in [6, 6.07) is 15.2. The molecule has 8 nitrogen and oxygen atoms in total. The zero-order valence-corrected chi connectivity index (χ0v) is 15.5. The summed E-state index contributed by atoms with van der Waals surface area (Å²) in [5.41, 5.74) is 13.2. The average molecular weight is 398 g/mol. The Kier molecular flexibility index (Phi) is 3.54. The molecule has 8 heteroatoms. The van der Waals surface area contributed by atoms with E-state index in [1.165, 1.54) is 48.5 Å². The monoisotopic (exact) mass is 398 g/mol. The molecule has 4 amide bonds. The van der Waals surface area contributed by atoms with E-state index >= 15 is 0 Å². The molecule has 0 saturated heterocycles. The first-order valence-corrected chi connectivity index (χ1v) is 9.04. The summed E-state index contributed by atoms with van der Waals surface area (Å²) in [6.07, 6.45) is 0. The number of para-hydroxylation sites is 2. The minimum absolute atomic E-state index is 0.129. The second-order valence-electron chi connectivity index (χ2n) is 6.99. The fourth-order valence-corrected chi connectivity index (χ4v) is 3.80. The van der Waals surface area contributed by atoms with Gasteiger partial charge in [-0.3, -0.25) is 19.2 Å². The highest BCUT2D eigenvalue weighted by Gasteiger charge is 2.42. The van der Waals surface area contributed by atoms with Gasteiger partial charge in [-0.05, 0) is 48.5 Å². The summed E-state index contributed by atoms with van der Waals surface area (Å²) in [6.45, 7) is 0. The molecule has 0 aromatic heterocycles. The number of nitrogens with two attached hydrogens (primary N) is 2. The van der Waals surface area contributed by atoms with E-state index < -0.39 is 23.6 Å². The number of anilines is 4. The number of carbonyl (C=O) groups excluding carboxylic acids is 4. The lowest BCUT2D eigenvalue weighted by atomic mass is 10.1. The number of benzene rings is 3. The van der Waals surface area contributed by atoms with Crippen LogP contribution in [0.4, 0.5) is 22.7 Å². The Morgan fingerprint density at radius 2 is 0.867 bits per heavy atom. The van der Waals surface area contributed by atoms with Crippen LogP contribution in [-0.4, -0.2) is 23.6 Å². The highest BCUT2D eigenvalue weighted by atomic mass is 16.2. The van der Waals surface area contributed by atoms with Crippen molar-refractivity contribution >= 4 is 46.4 Å². The van der Waals surface area contributed by atoms with Gasteiger partial charge in [-0.2, -0.15) is 0 Å². The summed E-state index contributed by atoms with van der Waals surface area (Å²) in [7, 11) is 0. The molecule has 2 heterocycles. The number of hydrogen-bond acceptors (Lipinski definition) is 6. The maximum atomic E-state index is 13.0. The molecule has 30 heavy (non-hydrogen) atoms. The fourth-order valence-electron chi connectivity index (χ4n) is 3.80. The molecule has 0 atom stereocenters. The molecule has 2 aliphatic rings. The predicted molar refractivity (Wildman–Crippen MR) is 110 cm³/mol. The molecule has 0 spiro atoms. The molecule has 0 fully saturated rings. The van der Waals surface area contributed by atoms with Gasteiger partial charge < -0.3 is 11.5 Å². The van der Waals surface area contributed by atoms with Crippen molar-refractivity contribution in [1.82, 2.24) is 0 Å². The Balaban J connectivity index is 1.64. The minimum atomic E-state index is -0.574. The summed E-state index contributed by atoms with van der Waals surface area (Å²) in [5.74, 6) is -2.25. The average Bonchev–Trinajstić information content (AvgIpc) is 3.12. The number of nitrogen functional groups attached to an aromatic ring is 2. The highest BCUT2D eigenvalue weighted by Crippen LogP contribution is 2.39. The zero-order valence-electron chi connectivity index (χ0n) is 15.5. The van der Waals surface area contributed by atoms with Crippen molar-refractivity contribution < 1.29 is 19.2 Å². The Hall–Kier alpha value is -4.46. The molecule has 0 unspecified atom stereocenters. The fraction of sp³-hybridized carbons (Fsp3) is 0. The smallest absolute Gasteiger partial charge is 0.266 e. The molecule has 0 saturated carbocycles. The lowest BCUT2D eigenvalue weighted by molar-refractivity contribution is 0.0904. The summed E-state index contributed by atoms with van der Waals surface area (Å²) < 4.78 is 0. The molecule has 5 rings (SSSR count). The molecule has 0 bridgehead atoms. The lowest BCUT2D eigenvalue weighted by Crippen LogP contribution is -2.35. The number of rotatable bonds is 2. The molecule has 3 aromatic carbocycles. The van der Waals surface area contributed by atoms with E-state index in [-0.39, 0.29) is 33.6 Å². The van der Waals surface area contributed by atoms with Gasteiger partial charge in [0.05, 0.1) is 33.6 Å². The topological polar surface area (TPSA) is 127 Å². The summed E-state index contributed by atoms with van der Waals surface area (Å²) in [4.78, 5) is 53.8. The van der Waals surface area contributed by atoms with Crippen LogP contribution in [0.1, 0.15) is 41.4 Å². The first kappa shape index (κ1) is 17.6. The quantitative estimate of drug-likeness (QED) is 0.504. The van der Waals surface area contributed by atoms with Gasteiger partial charge in [-0.15, -0.1) is 0 Å². The summed E-state index contributed by atoms with van der Waals surface area (Å²) in [5, 5.41) is 0. The predicted octanol–water partition coefficient (Wildman–Crippen LogP) is 2.45. The van der Waals surface area contributed by atoms with Gasteiger partial charge in [0.25, 0.3) is 23.6 Å². The number of amides is 4. The van der Waals surface area contributed by atoms with Crippen LogP contribution in [0.25, 0.3) is 0 Å². The van der Waals surface area contributed by atoms with Crippen LogP contribution in [0.5, 0.6) is 0 Å². The largest absolute Gasteiger partial charge is 0.399 e. The van der Waals surface area contributed by atoms with E-state index in [2.05, 4.69) is 0 Å². The van der Waals surface area contributed by atoms with Crippen LogP contribution in [-0.2, 0) is 0 Å². The maximum Gasteiger partial charge on any atom is 0.266 e. The van der Waals surface area contributed by atoms with Crippen molar-refractivity contribution in [3.63, 3.8) is 0 Å². The van der Waals surface area contributed by atoms with Gasteiger partial charge in [0, 0.05) is 11.4 Å². The normalized spacial score (nSPS) is 15.1. The van der Waals surface area contributed by atoms with Gasteiger partial charge >= 0.3 is 0 Å². The van der Waals surface area contributed by atoms with Crippen molar-refractivity contribution in [3.8, 4) is 0 Å². The van der Waals surface area contributed by atoms with Crippen molar-refractivity contribution in [1.29, 1.82) is 0 Å². The SMILES string of the molecule is Nc1ccc2c(c1)C(=O)N(c1ccccc1N1C(=O)c3ccc(N)cc3C1=O)C2=O. The lowest BCUT2D eigenvalue weighted by Gasteiger charge is -2.22. The molecule has 4 N–H and O–H groups in total. The van der Waals surface area contributed by atoms with Crippen LogP contribution in [0.2, 0.25) is 0 Å². The van der Waals surface area contributed by atoms with E-state index in [1.807, 2.05) is 0 Å². The molecule has 0 aliphatic carbocycles. The third-order valence-corrected chi connectivity index (χ3v) is 5.18. The van der Waals surface area contributed by atoms with Crippen LogP contribution in [0, 0.1) is 0 Å². The van der Waals surface area contributed by atoms with Gasteiger partial charge in [0.1, 0.15) is 0 Å². The van der Waals surface area contributed by atoms with Gasteiger partial charge in [-0.25, -0.2) is 9.80 Å². The molecular weight excluding hydrogens is 384 g/mol. The van der Waals surface area contributed by atoms with Crippen LogP contribution in [0.15, 0.2) is 60.7 Å². The van der Waals surface area contributed by atoms with E-state index in [1.54, 1.807) is 12.1 Å². The zero-order chi connectivity index (χ0) is 21.2. The van der Waals surface area contributed by atoms with Crippen molar-refractivity contribution in [3.05, 3.63) is 82.9 Å². The first-order chi connectivity index (χ1) is 14.4. The van der Waals surface area contributed by atoms with E-state index in [9.17, 15) is 19.2 Å². The van der Waals surface area contributed by atoms with Crippen LogP contribution < -0.4 is 21.3 Å². The van der Waals surface area contributed by atoms with Crippen LogP contribution in [0.3, 0.4) is 0 Å². The van der Waals surface area contributed by atoms with Gasteiger partial charge in [0.2, 0.25) is 0 Å². The Bertz CT molecular complexity index is 1210. The van der Waals surface area contributed by atoms with E-state index in [0.29, 0.717) is 11.4 Å². The number of imide groups is 2. The second kappa shape index (κ2) is 6.02. The molecule has 146 valence electrons.